The van der Waals surface area contributed by atoms with Crippen LogP contribution in [0.1, 0.15) is 35.2 Å². The fraction of sp³-hybridized carbons (Fsp3) is 0.417. The highest BCUT2D eigenvalue weighted by Crippen LogP contribution is 2.38. The average Bonchev–Trinajstić information content (AvgIpc) is 3.05. The molecule has 164 valence electrons. The molecule has 0 aliphatic carbocycles. The Morgan fingerprint density at radius 1 is 0.935 bits per heavy atom. The minimum Gasteiger partial charge on any atom is -0.489 e. The standard InChI is InChI=1S/C24H27ClN2O4/c25-20-16-19(17-21-23(20)31-15-5-14-30-21)24(29)27-12-10-26(11-13-27)22(28)9-4-8-18-6-2-1-3-7-18/h1-3,6-7,16-17H,4-5,8-15H2. The molecule has 31 heavy (non-hydrogen) atoms. The second-order valence-corrected chi connectivity index (χ2v) is 8.26. The van der Waals surface area contributed by atoms with Crippen LogP contribution in [-0.4, -0.2) is 61.0 Å². The van der Waals surface area contributed by atoms with Gasteiger partial charge < -0.3 is 19.3 Å². The van der Waals surface area contributed by atoms with Crippen molar-refractivity contribution in [1.82, 2.24) is 9.80 Å². The van der Waals surface area contributed by atoms with Gasteiger partial charge in [-0.1, -0.05) is 41.9 Å². The number of halogens is 1. The van der Waals surface area contributed by atoms with Gasteiger partial charge in [0.15, 0.2) is 11.5 Å². The molecule has 0 saturated carbocycles. The zero-order valence-corrected chi connectivity index (χ0v) is 18.3. The Kier molecular flexibility index (Phi) is 6.97. The van der Waals surface area contributed by atoms with E-state index in [9.17, 15) is 9.59 Å². The Balaban J connectivity index is 1.29. The second kappa shape index (κ2) is 10.1. The SMILES string of the molecule is O=C(CCCc1ccccc1)N1CCN(C(=O)c2cc(Cl)c3c(c2)OCCCO3)CC1. The molecular formula is C24H27ClN2O4. The lowest BCUT2D eigenvalue weighted by molar-refractivity contribution is -0.132. The summed E-state index contributed by atoms with van der Waals surface area (Å²) < 4.78 is 11.3. The van der Waals surface area contributed by atoms with Crippen LogP contribution in [0, 0.1) is 0 Å². The fourth-order valence-corrected chi connectivity index (χ4v) is 4.21. The molecule has 2 aliphatic rings. The Hall–Kier alpha value is -2.73. The molecule has 0 atom stereocenters. The molecule has 7 heteroatoms. The van der Waals surface area contributed by atoms with Gasteiger partial charge in [-0.15, -0.1) is 0 Å². The molecule has 0 aromatic heterocycles. The highest BCUT2D eigenvalue weighted by Gasteiger charge is 2.26. The number of benzene rings is 2. The van der Waals surface area contributed by atoms with Gasteiger partial charge in [0.25, 0.3) is 5.91 Å². The maximum atomic E-state index is 13.0. The van der Waals surface area contributed by atoms with E-state index in [2.05, 4.69) is 12.1 Å². The predicted octanol–water partition coefficient (Wildman–Crippen LogP) is 3.81. The smallest absolute Gasteiger partial charge is 0.254 e. The summed E-state index contributed by atoms with van der Waals surface area (Å²) in [7, 11) is 0. The third kappa shape index (κ3) is 5.31. The third-order valence-electron chi connectivity index (χ3n) is 5.67. The van der Waals surface area contributed by atoms with Crippen LogP contribution in [0.3, 0.4) is 0 Å². The monoisotopic (exact) mass is 442 g/mol. The molecule has 1 saturated heterocycles. The summed E-state index contributed by atoms with van der Waals surface area (Å²) in [5, 5.41) is 0.384. The Labute approximate surface area is 187 Å². The summed E-state index contributed by atoms with van der Waals surface area (Å²) in [6, 6.07) is 13.5. The number of hydrogen-bond donors (Lipinski definition) is 0. The lowest BCUT2D eigenvalue weighted by Gasteiger charge is -2.35. The van der Waals surface area contributed by atoms with Crippen LogP contribution < -0.4 is 9.47 Å². The number of ether oxygens (including phenoxy) is 2. The highest BCUT2D eigenvalue weighted by atomic mass is 35.5. The number of carbonyl (C=O) groups excluding carboxylic acids is 2. The lowest BCUT2D eigenvalue weighted by Crippen LogP contribution is -2.50. The van der Waals surface area contributed by atoms with E-state index < -0.39 is 0 Å². The van der Waals surface area contributed by atoms with E-state index in [4.69, 9.17) is 21.1 Å². The average molecular weight is 443 g/mol. The van der Waals surface area contributed by atoms with Crippen molar-refractivity contribution in [2.45, 2.75) is 25.7 Å². The van der Waals surface area contributed by atoms with Gasteiger partial charge in [-0.25, -0.2) is 0 Å². The van der Waals surface area contributed by atoms with Crippen molar-refractivity contribution in [2.24, 2.45) is 0 Å². The first-order valence-electron chi connectivity index (χ1n) is 10.8. The largest absolute Gasteiger partial charge is 0.489 e. The van der Waals surface area contributed by atoms with E-state index in [1.54, 1.807) is 17.0 Å². The van der Waals surface area contributed by atoms with Gasteiger partial charge >= 0.3 is 0 Å². The van der Waals surface area contributed by atoms with Crippen molar-refractivity contribution in [3.05, 3.63) is 58.6 Å². The highest BCUT2D eigenvalue weighted by molar-refractivity contribution is 6.32. The van der Waals surface area contributed by atoms with Crippen molar-refractivity contribution in [3.63, 3.8) is 0 Å². The van der Waals surface area contributed by atoms with E-state index >= 15 is 0 Å². The number of aryl methyl sites for hydroxylation is 1. The predicted molar refractivity (Wildman–Crippen MR) is 119 cm³/mol. The number of carbonyl (C=O) groups is 2. The molecule has 4 rings (SSSR count). The van der Waals surface area contributed by atoms with E-state index in [-0.39, 0.29) is 11.8 Å². The van der Waals surface area contributed by atoms with Gasteiger partial charge in [0.05, 0.1) is 18.2 Å². The number of amides is 2. The maximum Gasteiger partial charge on any atom is 0.254 e. The third-order valence-corrected chi connectivity index (χ3v) is 5.95. The zero-order chi connectivity index (χ0) is 21.6. The Morgan fingerprint density at radius 3 is 2.42 bits per heavy atom. The first-order chi connectivity index (χ1) is 15.1. The summed E-state index contributed by atoms with van der Waals surface area (Å²) in [5.41, 5.74) is 1.73. The Bertz CT molecular complexity index is 927. The molecule has 6 nitrogen and oxygen atoms in total. The van der Waals surface area contributed by atoms with Crippen molar-refractivity contribution >= 4 is 23.4 Å². The normalized spacial score (nSPS) is 16.0. The molecular weight excluding hydrogens is 416 g/mol. The molecule has 0 bridgehead atoms. The van der Waals surface area contributed by atoms with Crippen LogP contribution in [0.15, 0.2) is 42.5 Å². The fourth-order valence-electron chi connectivity index (χ4n) is 3.94. The van der Waals surface area contributed by atoms with Gasteiger partial charge in [-0.2, -0.15) is 0 Å². The molecule has 0 unspecified atom stereocenters. The number of fused-ring (bicyclic) bond motifs is 1. The van der Waals surface area contributed by atoms with Crippen LogP contribution in [-0.2, 0) is 11.2 Å². The number of nitrogens with zero attached hydrogens (tertiary/aromatic N) is 2. The summed E-state index contributed by atoms with van der Waals surface area (Å²) in [4.78, 5) is 29.2. The molecule has 2 amide bonds. The minimum absolute atomic E-state index is 0.103. The van der Waals surface area contributed by atoms with E-state index in [1.807, 2.05) is 23.1 Å². The van der Waals surface area contributed by atoms with Gasteiger partial charge in [-0.3, -0.25) is 9.59 Å². The van der Waals surface area contributed by atoms with E-state index in [1.165, 1.54) is 5.56 Å². The number of piperazine rings is 1. The quantitative estimate of drug-likeness (QED) is 0.706. The van der Waals surface area contributed by atoms with Crippen LogP contribution >= 0.6 is 11.6 Å². The maximum absolute atomic E-state index is 13.0. The van der Waals surface area contributed by atoms with E-state index in [0.717, 1.165) is 19.3 Å². The van der Waals surface area contributed by atoms with Crippen LogP contribution in [0.5, 0.6) is 11.5 Å². The summed E-state index contributed by atoms with van der Waals surface area (Å²) in [6.45, 7) is 3.19. The zero-order valence-electron chi connectivity index (χ0n) is 17.5. The van der Waals surface area contributed by atoms with Crippen molar-refractivity contribution < 1.29 is 19.1 Å². The topological polar surface area (TPSA) is 59.1 Å². The van der Waals surface area contributed by atoms with Crippen molar-refractivity contribution in [1.29, 1.82) is 0 Å². The first kappa shape index (κ1) is 21.5. The van der Waals surface area contributed by atoms with Crippen molar-refractivity contribution in [3.8, 4) is 11.5 Å². The van der Waals surface area contributed by atoms with Crippen molar-refractivity contribution in [2.75, 3.05) is 39.4 Å². The molecule has 1 fully saturated rings. The van der Waals surface area contributed by atoms with Crippen LogP contribution in [0.2, 0.25) is 5.02 Å². The summed E-state index contributed by atoms with van der Waals surface area (Å²) >= 11 is 6.33. The minimum atomic E-state index is -0.103. The van der Waals surface area contributed by atoms with Gasteiger partial charge in [0.1, 0.15) is 0 Å². The van der Waals surface area contributed by atoms with Gasteiger partial charge in [0, 0.05) is 44.6 Å². The molecule has 0 spiro atoms. The molecule has 2 aromatic rings. The second-order valence-electron chi connectivity index (χ2n) is 7.85. The molecule has 2 aromatic carbocycles. The van der Waals surface area contributed by atoms with Gasteiger partial charge in [0.2, 0.25) is 5.91 Å². The number of hydrogen-bond acceptors (Lipinski definition) is 4. The van der Waals surface area contributed by atoms with Gasteiger partial charge in [-0.05, 0) is 30.5 Å². The summed E-state index contributed by atoms with van der Waals surface area (Å²) in [6.07, 6.45) is 3.03. The number of rotatable bonds is 5. The molecule has 0 N–H and O–H groups in total. The van der Waals surface area contributed by atoms with Crippen LogP contribution in [0.25, 0.3) is 0 Å². The van der Waals surface area contributed by atoms with Crippen LogP contribution in [0.4, 0.5) is 0 Å². The molecule has 2 aliphatic heterocycles. The van der Waals surface area contributed by atoms with E-state index in [0.29, 0.717) is 67.9 Å². The lowest BCUT2D eigenvalue weighted by atomic mass is 10.1. The molecule has 0 radical (unpaired) electrons. The molecule has 2 heterocycles. The Morgan fingerprint density at radius 2 is 1.65 bits per heavy atom. The summed E-state index contributed by atoms with van der Waals surface area (Å²) in [5.74, 6) is 1.07. The first-order valence-corrected chi connectivity index (χ1v) is 11.2.